The van der Waals surface area contributed by atoms with E-state index in [1.165, 1.54) is 0 Å². The number of urea groups is 1. The summed E-state index contributed by atoms with van der Waals surface area (Å²) in [7, 11) is 0. The zero-order valence-corrected chi connectivity index (χ0v) is 20.6. The molecule has 168 valence electrons. The summed E-state index contributed by atoms with van der Waals surface area (Å²) in [6.45, 7) is 5.54. The zero-order valence-electron chi connectivity index (χ0n) is 18.5. The number of aryl methyl sites for hydroxylation is 2. The van der Waals surface area contributed by atoms with Gasteiger partial charge in [-0.15, -0.1) is 0 Å². The van der Waals surface area contributed by atoms with E-state index in [9.17, 15) is 14.4 Å². The molecule has 8 heteroatoms. The summed E-state index contributed by atoms with van der Waals surface area (Å²) in [4.78, 5) is 38.5. The van der Waals surface area contributed by atoms with Gasteiger partial charge in [0.25, 0.3) is 5.91 Å². The smallest absolute Gasteiger partial charge is 0.325 e. The summed E-state index contributed by atoms with van der Waals surface area (Å²) in [6, 6.07) is 16.8. The van der Waals surface area contributed by atoms with Gasteiger partial charge in [0.05, 0.1) is 0 Å². The lowest BCUT2D eigenvalue weighted by Crippen LogP contribution is -2.38. The summed E-state index contributed by atoms with van der Waals surface area (Å²) in [6.07, 6.45) is 1.66. The molecule has 0 bridgehead atoms. The Hall–Kier alpha value is -3.40. The summed E-state index contributed by atoms with van der Waals surface area (Å²) in [5, 5.41) is 5.30. The van der Waals surface area contributed by atoms with Gasteiger partial charge in [0.1, 0.15) is 12.2 Å². The summed E-state index contributed by atoms with van der Waals surface area (Å²) < 4.78 is 3.24. The average Bonchev–Trinajstić information content (AvgIpc) is 3.20. The molecule has 1 fully saturated rings. The maximum absolute atomic E-state index is 12.9. The van der Waals surface area contributed by atoms with Crippen LogP contribution in [-0.2, 0) is 9.59 Å². The van der Waals surface area contributed by atoms with E-state index in [1.54, 1.807) is 18.2 Å². The third kappa shape index (κ3) is 4.85. The topological polar surface area (TPSA) is 83.4 Å². The molecule has 1 aromatic heterocycles. The summed E-state index contributed by atoms with van der Waals surface area (Å²) >= 11 is 2.26. The fourth-order valence-electron chi connectivity index (χ4n) is 3.77. The molecule has 2 heterocycles. The van der Waals surface area contributed by atoms with Crippen LogP contribution in [0.25, 0.3) is 11.8 Å². The highest BCUT2D eigenvalue weighted by atomic mass is 127. The van der Waals surface area contributed by atoms with Crippen molar-refractivity contribution >= 4 is 52.2 Å². The molecule has 4 rings (SSSR count). The number of nitrogens with zero attached hydrogens (tertiary/aromatic N) is 2. The molecular formula is C25H23IN4O3. The molecule has 0 saturated carbocycles. The van der Waals surface area contributed by atoms with Crippen molar-refractivity contribution in [2.45, 2.75) is 20.8 Å². The molecular weight excluding hydrogens is 531 g/mol. The van der Waals surface area contributed by atoms with Crippen molar-refractivity contribution in [1.82, 2.24) is 14.8 Å². The normalized spacial score (nSPS) is 14.7. The van der Waals surface area contributed by atoms with Crippen LogP contribution < -0.4 is 10.6 Å². The number of carbonyl (C=O) groups is 3. The Morgan fingerprint density at radius 2 is 1.70 bits per heavy atom. The van der Waals surface area contributed by atoms with Crippen molar-refractivity contribution in [2.75, 3.05) is 11.9 Å². The summed E-state index contributed by atoms with van der Waals surface area (Å²) in [5.41, 5.74) is 5.61. The monoisotopic (exact) mass is 554 g/mol. The maximum atomic E-state index is 12.9. The van der Waals surface area contributed by atoms with E-state index in [1.807, 2.05) is 63.2 Å². The van der Waals surface area contributed by atoms with Crippen LogP contribution in [0.4, 0.5) is 10.5 Å². The van der Waals surface area contributed by atoms with Crippen molar-refractivity contribution in [3.63, 3.8) is 0 Å². The first kappa shape index (κ1) is 22.8. The predicted molar refractivity (Wildman–Crippen MR) is 136 cm³/mol. The molecule has 4 amide bonds. The molecule has 1 saturated heterocycles. The molecule has 0 aliphatic carbocycles. The van der Waals surface area contributed by atoms with Gasteiger partial charge in [0.15, 0.2) is 0 Å². The second kappa shape index (κ2) is 9.22. The largest absolute Gasteiger partial charge is 0.329 e. The van der Waals surface area contributed by atoms with E-state index < -0.39 is 17.8 Å². The Morgan fingerprint density at radius 3 is 2.36 bits per heavy atom. The molecule has 7 nitrogen and oxygen atoms in total. The van der Waals surface area contributed by atoms with Crippen molar-refractivity contribution in [3.8, 4) is 5.69 Å². The van der Waals surface area contributed by atoms with Crippen LogP contribution in [-0.4, -0.2) is 33.9 Å². The van der Waals surface area contributed by atoms with Gasteiger partial charge in [-0.25, -0.2) is 9.69 Å². The third-order valence-electron chi connectivity index (χ3n) is 5.45. The van der Waals surface area contributed by atoms with Gasteiger partial charge < -0.3 is 15.2 Å². The van der Waals surface area contributed by atoms with Crippen LogP contribution in [0.3, 0.4) is 0 Å². The summed E-state index contributed by atoms with van der Waals surface area (Å²) in [5.74, 6) is -0.974. The SMILES string of the molecule is Cc1ccc(NC(=O)CN2C(=O)N/C(=C\c3cc(C)n(-c4ccc(I)cc4)c3C)C2=O)cc1. The minimum Gasteiger partial charge on any atom is -0.325 e. The lowest BCUT2D eigenvalue weighted by molar-refractivity contribution is -0.127. The van der Waals surface area contributed by atoms with Crippen molar-refractivity contribution in [1.29, 1.82) is 0 Å². The number of anilines is 1. The first-order chi connectivity index (χ1) is 15.7. The lowest BCUT2D eigenvalue weighted by atomic mass is 10.2. The van der Waals surface area contributed by atoms with Gasteiger partial charge in [0.2, 0.25) is 5.91 Å². The van der Waals surface area contributed by atoms with Gasteiger partial charge in [-0.1, -0.05) is 17.7 Å². The molecule has 0 unspecified atom stereocenters. The Bertz CT molecular complexity index is 1270. The van der Waals surface area contributed by atoms with E-state index in [4.69, 9.17) is 0 Å². The second-order valence-corrected chi connectivity index (χ2v) is 9.18. The highest BCUT2D eigenvalue weighted by Gasteiger charge is 2.35. The Kier molecular flexibility index (Phi) is 6.37. The maximum Gasteiger partial charge on any atom is 0.329 e. The standard InChI is InChI=1S/C25H23IN4O3/c1-15-4-8-20(9-5-15)27-23(31)14-29-24(32)22(28-25(29)33)13-18-12-16(2)30(17(18)3)21-10-6-19(26)7-11-21/h4-13H,14H2,1-3H3,(H,27,31)(H,28,33)/b22-13-. The van der Waals surface area contributed by atoms with E-state index in [2.05, 4.69) is 37.8 Å². The quantitative estimate of drug-likeness (QED) is 0.276. The molecule has 0 spiro atoms. The van der Waals surface area contributed by atoms with Crippen molar-refractivity contribution in [3.05, 3.63) is 86.4 Å². The number of nitrogens with one attached hydrogen (secondary N) is 2. The van der Waals surface area contributed by atoms with Gasteiger partial charge >= 0.3 is 6.03 Å². The van der Waals surface area contributed by atoms with Crippen LogP contribution in [0.15, 0.2) is 60.3 Å². The van der Waals surface area contributed by atoms with Crippen LogP contribution in [0.5, 0.6) is 0 Å². The van der Waals surface area contributed by atoms with Crippen molar-refractivity contribution < 1.29 is 14.4 Å². The molecule has 1 aliphatic rings. The number of carbonyl (C=O) groups excluding carboxylic acids is 3. The molecule has 0 radical (unpaired) electrons. The fourth-order valence-corrected chi connectivity index (χ4v) is 4.13. The number of benzene rings is 2. The van der Waals surface area contributed by atoms with Gasteiger partial charge in [-0.3, -0.25) is 9.59 Å². The lowest BCUT2D eigenvalue weighted by Gasteiger charge is -2.12. The number of rotatable bonds is 5. The average molecular weight is 554 g/mol. The highest BCUT2D eigenvalue weighted by molar-refractivity contribution is 14.1. The predicted octanol–water partition coefficient (Wildman–Crippen LogP) is 4.54. The fraction of sp³-hybridized carbons (Fsp3) is 0.160. The molecule has 1 aliphatic heterocycles. The third-order valence-corrected chi connectivity index (χ3v) is 6.17. The van der Waals surface area contributed by atoms with Gasteiger partial charge in [-0.2, -0.15) is 0 Å². The van der Waals surface area contributed by atoms with Gasteiger partial charge in [-0.05, 0) is 97.5 Å². The Balaban J connectivity index is 1.52. The second-order valence-electron chi connectivity index (χ2n) is 7.93. The molecule has 0 atom stereocenters. The minimum absolute atomic E-state index is 0.144. The van der Waals surface area contributed by atoms with E-state index in [-0.39, 0.29) is 12.2 Å². The van der Waals surface area contributed by atoms with Crippen LogP contribution in [0, 0.1) is 24.3 Å². The van der Waals surface area contributed by atoms with Crippen molar-refractivity contribution in [2.24, 2.45) is 0 Å². The number of amides is 4. The molecule has 33 heavy (non-hydrogen) atoms. The zero-order chi connectivity index (χ0) is 23.7. The van der Waals surface area contributed by atoms with Crippen LogP contribution >= 0.6 is 22.6 Å². The first-order valence-corrected chi connectivity index (χ1v) is 11.5. The number of aromatic nitrogens is 1. The number of hydrogen-bond acceptors (Lipinski definition) is 3. The molecule has 2 N–H and O–H groups in total. The number of hydrogen-bond donors (Lipinski definition) is 2. The molecule has 2 aromatic carbocycles. The Labute approximate surface area is 205 Å². The minimum atomic E-state index is -0.614. The van der Waals surface area contributed by atoms with Crippen LogP contribution in [0.1, 0.15) is 22.5 Å². The van der Waals surface area contributed by atoms with E-state index >= 15 is 0 Å². The number of halogens is 1. The van der Waals surface area contributed by atoms with E-state index in [0.29, 0.717) is 5.69 Å². The Morgan fingerprint density at radius 1 is 1.03 bits per heavy atom. The molecule has 3 aromatic rings. The number of imide groups is 1. The highest BCUT2D eigenvalue weighted by Crippen LogP contribution is 2.24. The van der Waals surface area contributed by atoms with Gasteiger partial charge in [0, 0.05) is 26.3 Å². The van der Waals surface area contributed by atoms with Crippen LogP contribution in [0.2, 0.25) is 0 Å². The first-order valence-electron chi connectivity index (χ1n) is 10.4. The van der Waals surface area contributed by atoms with E-state index in [0.717, 1.165) is 36.7 Å².